The maximum Gasteiger partial charge on any atom is 0.321 e. The van der Waals surface area contributed by atoms with Crippen LogP contribution in [0.4, 0.5) is 11.5 Å². The van der Waals surface area contributed by atoms with Crippen molar-refractivity contribution < 1.29 is 14.3 Å². The maximum absolute atomic E-state index is 12.4. The topological polar surface area (TPSA) is 95.1 Å². The molecule has 2 N–H and O–H groups in total. The minimum absolute atomic E-state index is 0.0210. The predicted octanol–water partition coefficient (Wildman–Crippen LogP) is 3.28. The van der Waals surface area contributed by atoms with Crippen LogP contribution in [0.15, 0.2) is 30.4 Å². The Morgan fingerprint density at radius 1 is 1.23 bits per heavy atom. The zero-order chi connectivity index (χ0) is 28.0. The lowest BCUT2D eigenvalue weighted by Gasteiger charge is -2.41. The van der Waals surface area contributed by atoms with Crippen LogP contribution in [0.5, 0.6) is 11.9 Å². The van der Waals surface area contributed by atoms with Gasteiger partial charge in [0.25, 0.3) is 0 Å². The van der Waals surface area contributed by atoms with Gasteiger partial charge in [-0.3, -0.25) is 4.79 Å². The van der Waals surface area contributed by atoms with E-state index in [1.165, 1.54) is 18.1 Å². The molecule has 2 atom stereocenters. The Morgan fingerprint density at radius 3 is 2.83 bits per heavy atom. The Labute approximate surface area is 236 Å². The Kier molecular flexibility index (Phi) is 7.14. The molecule has 0 spiro atoms. The third-order valence-electron chi connectivity index (χ3n) is 8.65. The molecule has 10 nitrogen and oxygen atoms in total. The van der Waals surface area contributed by atoms with Gasteiger partial charge in [-0.15, -0.1) is 0 Å². The number of rotatable bonds is 6. The largest absolute Gasteiger partial charge is 0.462 e. The quantitative estimate of drug-likeness (QED) is 0.531. The number of hydrazine groups is 1. The molecule has 0 aliphatic carbocycles. The first-order chi connectivity index (χ1) is 19.3. The average Bonchev–Trinajstić information content (AvgIpc) is 3.59. The summed E-state index contributed by atoms with van der Waals surface area (Å²) < 4.78 is 12.9. The lowest BCUT2D eigenvalue weighted by molar-refractivity contribution is -0.128. The summed E-state index contributed by atoms with van der Waals surface area (Å²) >= 11 is 0. The van der Waals surface area contributed by atoms with E-state index in [1.54, 1.807) is 0 Å². The fourth-order valence-electron chi connectivity index (χ4n) is 6.36. The van der Waals surface area contributed by atoms with Gasteiger partial charge >= 0.3 is 6.01 Å². The first-order valence-electron chi connectivity index (χ1n) is 14.2. The number of piperazine rings is 1. The number of aryl methyl sites for hydroxylation is 1. The monoisotopic (exact) mass is 545 g/mol. The number of likely N-dealkylation sites (tertiary alicyclic amines) is 1. The van der Waals surface area contributed by atoms with Crippen LogP contribution < -0.4 is 25.2 Å². The lowest BCUT2D eigenvalue weighted by atomic mass is 9.93. The van der Waals surface area contributed by atoms with Crippen LogP contribution in [0, 0.1) is 6.92 Å². The van der Waals surface area contributed by atoms with Crippen molar-refractivity contribution in [2.75, 3.05) is 50.2 Å². The van der Waals surface area contributed by atoms with Gasteiger partial charge in [0.15, 0.2) is 0 Å². The Morgan fingerprint density at radius 2 is 2.08 bits per heavy atom. The molecule has 0 radical (unpaired) electrons. The molecule has 2 saturated heterocycles. The van der Waals surface area contributed by atoms with Crippen molar-refractivity contribution in [3.63, 3.8) is 0 Å². The van der Waals surface area contributed by atoms with Crippen molar-refractivity contribution in [2.45, 2.75) is 58.7 Å². The number of benzene rings is 1. The van der Waals surface area contributed by atoms with Gasteiger partial charge in [-0.1, -0.05) is 12.6 Å². The molecule has 4 aliphatic heterocycles. The van der Waals surface area contributed by atoms with E-state index in [-0.39, 0.29) is 11.9 Å². The van der Waals surface area contributed by atoms with Crippen LogP contribution in [0.1, 0.15) is 48.9 Å². The number of anilines is 2. The van der Waals surface area contributed by atoms with Gasteiger partial charge in [-0.2, -0.15) is 9.97 Å². The highest BCUT2D eigenvalue weighted by Crippen LogP contribution is 2.42. The molecular weight excluding hydrogens is 506 g/mol. The van der Waals surface area contributed by atoms with Crippen molar-refractivity contribution in [3.8, 4) is 11.9 Å². The zero-order valence-electron chi connectivity index (χ0n) is 23.9. The van der Waals surface area contributed by atoms with Gasteiger partial charge in [0.2, 0.25) is 11.8 Å². The van der Waals surface area contributed by atoms with E-state index >= 15 is 0 Å². The number of hydrogen-bond donors (Lipinski definition) is 2. The van der Waals surface area contributed by atoms with Crippen LogP contribution in [0.3, 0.4) is 0 Å². The van der Waals surface area contributed by atoms with Crippen molar-refractivity contribution in [3.05, 3.63) is 52.6 Å². The lowest BCUT2D eigenvalue weighted by Crippen LogP contribution is -2.54. The smallest absolute Gasteiger partial charge is 0.321 e. The van der Waals surface area contributed by atoms with E-state index in [9.17, 15) is 4.79 Å². The molecule has 1 unspecified atom stereocenters. The highest BCUT2D eigenvalue weighted by atomic mass is 16.5. The number of aromatic nitrogens is 2. The molecule has 1 aromatic carbocycles. The van der Waals surface area contributed by atoms with Crippen molar-refractivity contribution in [2.24, 2.45) is 0 Å². The molecule has 1 aromatic heterocycles. The Hall–Kier alpha value is -3.63. The second kappa shape index (κ2) is 10.7. The summed E-state index contributed by atoms with van der Waals surface area (Å²) in [6.07, 6.45) is 4.35. The van der Waals surface area contributed by atoms with Gasteiger partial charge < -0.3 is 29.6 Å². The molecule has 40 heavy (non-hydrogen) atoms. The van der Waals surface area contributed by atoms with Gasteiger partial charge in [-0.25, -0.2) is 5.43 Å². The summed E-state index contributed by atoms with van der Waals surface area (Å²) in [6, 6.07) is 4.93. The number of allylic oxidation sites excluding steroid dienone is 1. The summed E-state index contributed by atoms with van der Waals surface area (Å²) in [4.78, 5) is 28.6. The Bertz CT molecular complexity index is 1370. The van der Waals surface area contributed by atoms with Crippen LogP contribution >= 0.6 is 0 Å². The summed E-state index contributed by atoms with van der Waals surface area (Å²) in [6.45, 7) is 14.2. The number of ether oxygens (including phenoxy) is 2. The second-order valence-corrected chi connectivity index (χ2v) is 11.4. The molecule has 0 bridgehead atoms. The van der Waals surface area contributed by atoms with E-state index in [2.05, 4.69) is 67.2 Å². The fraction of sp³-hybridized carbons (Fsp3) is 0.500. The second-order valence-electron chi connectivity index (χ2n) is 11.4. The SMILES string of the molecule is C=CC(=O)N1CCN(c2nc(OCC3CCCN3C)nc3c2CC(C)=C(c2c(C)ccc4c2CNN4)O3)C[C@H]1C. The number of hydrogen-bond acceptors (Lipinski definition) is 9. The van der Waals surface area contributed by atoms with Crippen LogP contribution in [0.2, 0.25) is 0 Å². The predicted molar refractivity (Wildman–Crippen MR) is 155 cm³/mol. The summed E-state index contributed by atoms with van der Waals surface area (Å²) in [5.41, 5.74) is 13.1. The number of amides is 1. The molecule has 0 saturated carbocycles. The van der Waals surface area contributed by atoms with E-state index in [1.807, 2.05) is 4.90 Å². The summed E-state index contributed by atoms with van der Waals surface area (Å²) in [5.74, 6) is 2.19. The number of carbonyl (C=O) groups excluding carboxylic acids is 1. The average molecular weight is 546 g/mol. The number of nitrogens with one attached hydrogen (secondary N) is 2. The first-order valence-corrected chi connectivity index (χ1v) is 14.2. The molecule has 6 rings (SSSR count). The third kappa shape index (κ3) is 4.79. The molecule has 1 amide bonds. The van der Waals surface area contributed by atoms with Crippen LogP contribution in [-0.4, -0.2) is 77.6 Å². The van der Waals surface area contributed by atoms with E-state index in [4.69, 9.17) is 19.4 Å². The van der Waals surface area contributed by atoms with Gasteiger partial charge in [0.05, 0.1) is 11.3 Å². The summed E-state index contributed by atoms with van der Waals surface area (Å²) in [7, 11) is 2.14. The Balaban J connectivity index is 1.35. The highest BCUT2D eigenvalue weighted by molar-refractivity contribution is 5.87. The molecule has 212 valence electrons. The van der Waals surface area contributed by atoms with Crippen molar-refractivity contribution >= 4 is 23.2 Å². The first kappa shape index (κ1) is 26.6. The third-order valence-corrected chi connectivity index (χ3v) is 8.65. The molecule has 10 heteroatoms. The van der Waals surface area contributed by atoms with Crippen LogP contribution in [-0.2, 0) is 17.8 Å². The number of carbonyl (C=O) groups is 1. The zero-order valence-corrected chi connectivity index (χ0v) is 23.9. The molecule has 4 aliphatic rings. The number of nitrogens with zero attached hydrogens (tertiary/aromatic N) is 5. The van der Waals surface area contributed by atoms with Gasteiger partial charge in [0.1, 0.15) is 18.2 Å². The normalized spacial score (nSPS) is 22.5. The minimum atomic E-state index is -0.0388. The van der Waals surface area contributed by atoms with Crippen LogP contribution in [0.25, 0.3) is 5.76 Å². The van der Waals surface area contributed by atoms with E-state index < -0.39 is 0 Å². The standard InChI is InChI=1S/C30H39N7O3/c1-6-25(38)37-13-12-36(16-20(37)4)28-22-14-19(3)27(26-18(2)9-10-24-23(26)15-31-34-24)40-29(22)33-30(32-28)39-17-21-8-7-11-35(21)5/h6,9-10,20-21,31,34H,1,7-8,11-17H2,2-5H3/t20-,21?/m1/s1. The van der Waals surface area contributed by atoms with Gasteiger partial charge in [-0.05, 0) is 70.5 Å². The van der Waals surface area contributed by atoms with Crippen molar-refractivity contribution in [1.82, 2.24) is 25.2 Å². The number of fused-ring (bicyclic) bond motifs is 2. The summed E-state index contributed by atoms with van der Waals surface area (Å²) in [5, 5.41) is 0. The highest BCUT2D eigenvalue weighted by Gasteiger charge is 2.34. The van der Waals surface area contributed by atoms with Crippen molar-refractivity contribution in [1.29, 1.82) is 0 Å². The minimum Gasteiger partial charge on any atom is -0.462 e. The molecular formula is C30H39N7O3. The number of likely N-dealkylation sites (N-methyl/N-ethyl adjacent to an activating group) is 1. The van der Waals surface area contributed by atoms with E-state index in [0.717, 1.165) is 59.0 Å². The van der Waals surface area contributed by atoms with E-state index in [0.29, 0.717) is 50.6 Å². The molecule has 5 heterocycles. The fourth-order valence-corrected chi connectivity index (χ4v) is 6.36. The molecule has 2 fully saturated rings. The van der Waals surface area contributed by atoms with Gasteiger partial charge in [0, 0.05) is 55.8 Å². The maximum atomic E-state index is 12.4. The molecule has 2 aromatic rings.